The minimum atomic E-state index is -0.437. The molecule has 2 heterocycles. The van der Waals surface area contributed by atoms with E-state index in [4.69, 9.17) is 14.2 Å². The lowest BCUT2D eigenvalue weighted by Gasteiger charge is -2.35. The molecule has 1 aliphatic carbocycles. The number of nitrogens with one attached hydrogen (secondary N) is 1. The van der Waals surface area contributed by atoms with Crippen molar-refractivity contribution in [3.8, 4) is 28.0 Å². The number of ether oxygens (including phenoxy) is 3. The van der Waals surface area contributed by atoms with Crippen molar-refractivity contribution < 1.29 is 14.2 Å². The molecule has 162 valence electrons. The van der Waals surface area contributed by atoms with E-state index < -0.39 is 5.41 Å². The highest BCUT2D eigenvalue weighted by Crippen LogP contribution is 2.48. The number of H-pyrrole nitrogens is 1. The molecular formula is C25H23N3O3S. The third-order valence-electron chi connectivity index (χ3n) is 5.98. The summed E-state index contributed by atoms with van der Waals surface area (Å²) in [7, 11) is 4.89. The Hall–Kier alpha value is -3.58. The third-order valence-corrected chi connectivity index (χ3v) is 6.76. The van der Waals surface area contributed by atoms with E-state index in [2.05, 4.69) is 51.6 Å². The van der Waals surface area contributed by atoms with Crippen LogP contribution in [-0.4, -0.2) is 36.5 Å². The number of aromatic nitrogens is 3. The van der Waals surface area contributed by atoms with Gasteiger partial charge in [-0.05, 0) is 23.3 Å². The number of aromatic amines is 1. The molecule has 0 radical (unpaired) electrons. The van der Waals surface area contributed by atoms with Gasteiger partial charge in [-0.2, -0.15) is 5.10 Å². The van der Waals surface area contributed by atoms with Crippen LogP contribution in [0.5, 0.6) is 17.2 Å². The highest BCUT2D eigenvalue weighted by Gasteiger charge is 2.38. The number of methoxy groups -OCH3 is 3. The van der Waals surface area contributed by atoms with Crippen LogP contribution in [0, 0.1) is 0 Å². The molecule has 0 saturated heterocycles. The summed E-state index contributed by atoms with van der Waals surface area (Å²) < 4.78 is 16.9. The highest BCUT2D eigenvalue weighted by molar-refractivity contribution is 7.13. The maximum Gasteiger partial charge on any atom is 0.203 e. The second kappa shape index (κ2) is 8.16. The maximum absolute atomic E-state index is 5.66. The van der Waals surface area contributed by atoms with E-state index in [1.54, 1.807) is 38.9 Å². The predicted octanol–water partition coefficient (Wildman–Crippen LogP) is 5.11. The van der Waals surface area contributed by atoms with Gasteiger partial charge in [0, 0.05) is 34.7 Å². The summed E-state index contributed by atoms with van der Waals surface area (Å²) in [6.07, 6.45) is 6.91. The van der Waals surface area contributed by atoms with Gasteiger partial charge in [0.05, 0.1) is 21.3 Å². The molecule has 6 nitrogen and oxygen atoms in total. The van der Waals surface area contributed by atoms with E-state index in [1.807, 2.05) is 23.6 Å². The van der Waals surface area contributed by atoms with Crippen molar-refractivity contribution in [1.29, 1.82) is 0 Å². The first kappa shape index (κ1) is 20.3. The number of fused-ring (bicyclic) bond motifs is 1. The Morgan fingerprint density at radius 1 is 0.969 bits per heavy atom. The van der Waals surface area contributed by atoms with Crippen molar-refractivity contribution >= 4 is 17.4 Å². The summed E-state index contributed by atoms with van der Waals surface area (Å²) >= 11 is 1.59. The molecule has 0 fully saturated rings. The SMILES string of the molecule is COc1cc(C2(c3ccccc3)C=Cc3c(-c4nccs4)n[nH]c3C2)cc(OC)c1OC. The minimum absolute atomic E-state index is 0.437. The first-order valence-electron chi connectivity index (χ1n) is 10.2. The van der Waals surface area contributed by atoms with Gasteiger partial charge in [0.2, 0.25) is 5.75 Å². The van der Waals surface area contributed by atoms with Gasteiger partial charge in [0.25, 0.3) is 0 Å². The van der Waals surface area contributed by atoms with Crippen molar-refractivity contribution in [1.82, 2.24) is 15.2 Å². The molecule has 5 rings (SSSR count). The number of thiazole rings is 1. The second-order valence-corrected chi connectivity index (χ2v) is 8.46. The Bertz CT molecular complexity index is 1240. The Labute approximate surface area is 190 Å². The van der Waals surface area contributed by atoms with Gasteiger partial charge in [0.1, 0.15) is 10.7 Å². The molecule has 32 heavy (non-hydrogen) atoms. The van der Waals surface area contributed by atoms with Crippen LogP contribution >= 0.6 is 11.3 Å². The van der Waals surface area contributed by atoms with E-state index in [1.165, 1.54) is 5.56 Å². The Kier molecular flexibility index (Phi) is 5.19. The fourth-order valence-electron chi connectivity index (χ4n) is 4.41. The normalized spacial score (nSPS) is 17.1. The van der Waals surface area contributed by atoms with Gasteiger partial charge in [-0.25, -0.2) is 4.98 Å². The van der Waals surface area contributed by atoms with Crippen molar-refractivity contribution in [2.75, 3.05) is 21.3 Å². The van der Waals surface area contributed by atoms with Gasteiger partial charge < -0.3 is 14.2 Å². The van der Waals surface area contributed by atoms with Gasteiger partial charge in [-0.3, -0.25) is 5.10 Å². The average molecular weight is 446 g/mol. The zero-order valence-corrected chi connectivity index (χ0v) is 18.9. The first-order valence-corrected chi connectivity index (χ1v) is 11.1. The standard InChI is InChI=1S/C25H23N3O3S/c1-29-20-13-17(14-21(30-2)23(20)31-3)25(16-7-5-4-6-8-16)10-9-18-19(15-25)27-28-22(18)24-26-11-12-32-24/h4-14H,15H2,1-3H3,(H,27,28). The summed E-state index contributed by atoms with van der Waals surface area (Å²) in [6.45, 7) is 0. The number of nitrogens with zero attached hydrogens (tertiary/aromatic N) is 2. The lowest BCUT2D eigenvalue weighted by atomic mass is 9.68. The zero-order valence-electron chi connectivity index (χ0n) is 18.1. The molecule has 1 N–H and O–H groups in total. The number of rotatable bonds is 6. The molecule has 1 aliphatic rings. The van der Waals surface area contributed by atoms with Gasteiger partial charge in [-0.1, -0.05) is 42.5 Å². The molecular weight excluding hydrogens is 422 g/mol. The molecule has 0 saturated carbocycles. The number of hydrogen-bond acceptors (Lipinski definition) is 6. The summed E-state index contributed by atoms with van der Waals surface area (Å²) in [4.78, 5) is 4.44. The molecule has 1 unspecified atom stereocenters. The predicted molar refractivity (Wildman–Crippen MR) is 126 cm³/mol. The van der Waals surface area contributed by atoms with Crippen molar-refractivity contribution in [2.45, 2.75) is 11.8 Å². The van der Waals surface area contributed by atoms with E-state index in [0.29, 0.717) is 23.7 Å². The Balaban J connectivity index is 1.70. The summed E-state index contributed by atoms with van der Waals surface area (Å²) in [5.74, 6) is 1.84. The monoisotopic (exact) mass is 445 g/mol. The lowest BCUT2D eigenvalue weighted by Crippen LogP contribution is -2.30. The molecule has 2 aromatic heterocycles. The van der Waals surface area contributed by atoms with Gasteiger partial charge in [0.15, 0.2) is 11.5 Å². The second-order valence-electron chi connectivity index (χ2n) is 7.56. The zero-order chi connectivity index (χ0) is 22.1. The van der Waals surface area contributed by atoms with E-state index in [0.717, 1.165) is 27.5 Å². The molecule has 7 heteroatoms. The minimum Gasteiger partial charge on any atom is -0.493 e. The molecule has 4 aromatic rings. The van der Waals surface area contributed by atoms with Crippen molar-refractivity contribution in [3.63, 3.8) is 0 Å². The number of hydrogen-bond donors (Lipinski definition) is 1. The molecule has 0 amide bonds. The highest BCUT2D eigenvalue weighted by atomic mass is 32.1. The van der Waals surface area contributed by atoms with Crippen LogP contribution in [0.25, 0.3) is 16.8 Å². The van der Waals surface area contributed by atoms with Crippen LogP contribution in [0.1, 0.15) is 22.4 Å². The van der Waals surface area contributed by atoms with Crippen LogP contribution in [-0.2, 0) is 11.8 Å². The smallest absolute Gasteiger partial charge is 0.203 e. The summed E-state index contributed by atoms with van der Waals surface area (Å²) in [5, 5.41) is 10.7. The molecule has 1 atom stereocenters. The lowest BCUT2D eigenvalue weighted by molar-refractivity contribution is 0.323. The fraction of sp³-hybridized carbons (Fsp3) is 0.200. The Morgan fingerprint density at radius 3 is 2.34 bits per heavy atom. The van der Waals surface area contributed by atoms with Gasteiger partial charge >= 0.3 is 0 Å². The van der Waals surface area contributed by atoms with Crippen LogP contribution in [0.3, 0.4) is 0 Å². The quantitative estimate of drug-likeness (QED) is 0.446. The van der Waals surface area contributed by atoms with Crippen LogP contribution < -0.4 is 14.2 Å². The van der Waals surface area contributed by atoms with Gasteiger partial charge in [-0.15, -0.1) is 11.3 Å². The topological polar surface area (TPSA) is 69.3 Å². The van der Waals surface area contributed by atoms with Crippen molar-refractivity contribution in [2.24, 2.45) is 0 Å². The number of allylic oxidation sites excluding steroid dienone is 1. The maximum atomic E-state index is 5.66. The summed E-state index contributed by atoms with van der Waals surface area (Å²) in [6, 6.07) is 14.5. The van der Waals surface area contributed by atoms with E-state index >= 15 is 0 Å². The van der Waals surface area contributed by atoms with Crippen LogP contribution in [0.2, 0.25) is 0 Å². The van der Waals surface area contributed by atoms with Crippen LogP contribution in [0.4, 0.5) is 0 Å². The largest absolute Gasteiger partial charge is 0.493 e. The van der Waals surface area contributed by atoms with Crippen molar-refractivity contribution in [3.05, 3.63) is 82.5 Å². The molecule has 0 aliphatic heterocycles. The van der Waals surface area contributed by atoms with Crippen LogP contribution in [0.15, 0.2) is 60.1 Å². The molecule has 0 spiro atoms. The average Bonchev–Trinajstić information content (AvgIpc) is 3.52. The van der Waals surface area contributed by atoms with E-state index in [-0.39, 0.29) is 0 Å². The van der Waals surface area contributed by atoms with E-state index in [9.17, 15) is 0 Å². The summed E-state index contributed by atoms with van der Waals surface area (Å²) in [5.41, 5.74) is 4.81. The number of benzene rings is 2. The Morgan fingerprint density at radius 2 is 1.72 bits per heavy atom. The molecule has 0 bridgehead atoms. The fourth-order valence-corrected chi connectivity index (χ4v) is 5.04. The molecule has 2 aromatic carbocycles. The third kappa shape index (κ3) is 3.17. The first-order chi connectivity index (χ1) is 15.7.